The first kappa shape index (κ1) is 34.9. The lowest BCUT2D eigenvalue weighted by molar-refractivity contribution is 0.0208. The summed E-state index contributed by atoms with van der Waals surface area (Å²) in [7, 11) is 0. The molecule has 4 heterocycles. The summed E-state index contributed by atoms with van der Waals surface area (Å²) in [5, 5.41) is 0.194. The molecule has 9 rings (SSSR count). The van der Waals surface area contributed by atoms with Crippen molar-refractivity contribution in [2.45, 2.75) is 38.9 Å². The first-order valence-electron chi connectivity index (χ1n) is 17.9. The van der Waals surface area contributed by atoms with Crippen LogP contribution in [0.2, 0.25) is 0 Å². The molecule has 0 fully saturated rings. The molecule has 0 aliphatic carbocycles. The highest BCUT2D eigenvalue weighted by Crippen LogP contribution is 2.62. The maximum absolute atomic E-state index is 13.7. The predicted molar refractivity (Wildman–Crippen MR) is 207 cm³/mol. The Hall–Kier alpha value is -5.18. The molecule has 0 aromatic heterocycles. The Morgan fingerprint density at radius 3 is 1.26 bits per heavy atom. The van der Waals surface area contributed by atoms with Crippen molar-refractivity contribution in [2.75, 3.05) is 41.3 Å². The van der Waals surface area contributed by atoms with Crippen molar-refractivity contribution in [3.63, 3.8) is 0 Å². The van der Waals surface area contributed by atoms with Crippen molar-refractivity contribution in [3.8, 4) is 23.0 Å². The van der Waals surface area contributed by atoms with Gasteiger partial charge >= 0.3 is 11.9 Å². The van der Waals surface area contributed by atoms with E-state index in [1.807, 2.05) is 72.8 Å². The van der Waals surface area contributed by atoms with E-state index in [1.165, 1.54) is 0 Å². The van der Waals surface area contributed by atoms with E-state index in [0.29, 0.717) is 45.3 Å². The maximum atomic E-state index is 13.7. The van der Waals surface area contributed by atoms with Crippen LogP contribution in [-0.4, -0.2) is 43.5 Å². The summed E-state index contributed by atoms with van der Waals surface area (Å²) in [5.74, 6) is 1.35. The number of carbonyl (C=O) groups is 2. The Morgan fingerprint density at radius 2 is 0.868 bits per heavy atom. The van der Waals surface area contributed by atoms with Crippen LogP contribution in [0, 0.1) is 0 Å². The van der Waals surface area contributed by atoms with E-state index in [4.69, 9.17) is 42.1 Å². The van der Waals surface area contributed by atoms with Gasteiger partial charge in [-0.05, 0) is 70.2 Å². The molecule has 10 heteroatoms. The molecule has 8 nitrogen and oxygen atoms in total. The van der Waals surface area contributed by atoms with E-state index in [2.05, 4.69) is 49.6 Å². The summed E-state index contributed by atoms with van der Waals surface area (Å²) in [6.07, 6.45) is 0. The summed E-state index contributed by atoms with van der Waals surface area (Å²) < 4.78 is 26.6. The van der Waals surface area contributed by atoms with Gasteiger partial charge in [0.2, 0.25) is 0 Å². The molecule has 270 valence electrons. The van der Waals surface area contributed by atoms with E-state index in [0.717, 1.165) is 59.8 Å². The highest BCUT2D eigenvalue weighted by atomic mass is 35.5. The Labute approximate surface area is 318 Å². The Morgan fingerprint density at radius 1 is 0.491 bits per heavy atom. The van der Waals surface area contributed by atoms with E-state index < -0.39 is 23.1 Å². The standard InChI is InChI=1S/C42H36N2O6.CH2Cl2/c1-5-43(6-2)25-17-19-31-35(21-25)47-37-24-38-34(23-33(37)41(31)29-15-11-9-13-27(29)39(45)49-41)42(30-16-12-10-14-28(30)40(46)50-42)32-20-18-26(22-36(32)48-38)44(7-3)8-4;2-1-3/h9-24H,5-8H2,1-4H3;1H2/t41-,42+;. The minimum atomic E-state index is -1.32. The molecule has 0 saturated carbocycles. The molecule has 0 bridgehead atoms. The zero-order chi connectivity index (χ0) is 37.1. The van der Waals surface area contributed by atoms with Crippen LogP contribution in [0.25, 0.3) is 0 Å². The molecule has 0 radical (unpaired) electrons. The van der Waals surface area contributed by atoms with Crippen LogP contribution in [-0.2, 0) is 20.7 Å². The SMILES string of the molecule is CCN(CC)c1ccc2c(c1)Oc1cc3c(cc1[C@]21OC(=O)c2ccccc21)[C@@]1(OC(=O)c2ccccc21)c1ccc(N(CC)CC)cc1O3.ClCCl. The van der Waals surface area contributed by atoms with Gasteiger partial charge in [-0.3, -0.25) is 0 Å². The third-order valence-electron chi connectivity index (χ3n) is 10.8. The molecule has 2 atom stereocenters. The van der Waals surface area contributed by atoms with Gasteiger partial charge in [-0.25, -0.2) is 9.59 Å². The fourth-order valence-electron chi connectivity index (χ4n) is 8.39. The van der Waals surface area contributed by atoms with Crippen molar-refractivity contribution >= 4 is 46.5 Å². The van der Waals surface area contributed by atoms with E-state index in [1.54, 1.807) is 12.1 Å². The van der Waals surface area contributed by atoms with Gasteiger partial charge < -0.3 is 28.7 Å². The largest absolute Gasteiger partial charge is 0.456 e. The highest BCUT2D eigenvalue weighted by Gasteiger charge is 2.58. The number of halogens is 2. The first-order chi connectivity index (χ1) is 25.8. The lowest BCUT2D eigenvalue weighted by Crippen LogP contribution is -2.37. The second-order valence-electron chi connectivity index (χ2n) is 13.1. The quantitative estimate of drug-likeness (QED) is 0.126. The summed E-state index contributed by atoms with van der Waals surface area (Å²) in [6, 6.07) is 31.0. The Kier molecular flexibility index (Phi) is 8.78. The number of esters is 2. The zero-order valence-electron chi connectivity index (χ0n) is 29.9. The second-order valence-corrected chi connectivity index (χ2v) is 13.9. The third-order valence-corrected chi connectivity index (χ3v) is 10.8. The topological polar surface area (TPSA) is 77.5 Å². The number of ether oxygens (including phenoxy) is 4. The number of fused-ring (bicyclic) bond motifs is 12. The summed E-state index contributed by atoms with van der Waals surface area (Å²) in [4.78, 5) is 31.9. The van der Waals surface area contributed by atoms with Gasteiger partial charge in [-0.15, -0.1) is 23.2 Å². The molecule has 53 heavy (non-hydrogen) atoms. The highest BCUT2D eigenvalue weighted by molar-refractivity contribution is 6.40. The minimum absolute atomic E-state index is 0.194. The van der Waals surface area contributed by atoms with Crippen LogP contribution in [0.15, 0.2) is 97.1 Å². The number of nitrogens with zero attached hydrogens (tertiary/aromatic N) is 2. The van der Waals surface area contributed by atoms with Gasteiger partial charge in [0.1, 0.15) is 23.0 Å². The van der Waals surface area contributed by atoms with Gasteiger partial charge in [-0.1, -0.05) is 36.4 Å². The average Bonchev–Trinajstić information content (AvgIpc) is 3.64. The molecule has 4 aliphatic heterocycles. The molecule has 0 saturated heterocycles. The molecular formula is C43H38Cl2N2O6. The van der Waals surface area contributed by atoms with Gasteiger partial charge in [0.05, 0.1) is 16.5 Å². The number of alkyl halides is 2. The van der Waals surface area contributed by atoms with Crippen LogP contribution < -0.4 is 19.3 Å². The number of benzene rings is 5. The molecule has 0 N–H and O–H groups in total. The normalized spacial score (nSPS) is 19.2. The summed E-state index contributed by atoms with van der Waals surface area (Å²) >= 11 is 9.53. The zero-order valence-corrected chi connectivity index (χ0v) is 31.4. The molecule has 0 unspecified atom stereocenters. The van der Waals surface area contributed by atoms with Crippen LogP contribution in [0.3, 0.4) is 0 Å². The molecule has 0 amide bonds. The fourth-order valence-corrected chi connectivity index (χ4v) is 8.39. The van der Waals surface area contributed by atoms with Gasteiger partial charge in [-0.2, -0.15) is 0 Å². The Balaban J connectivity index is 0.00000129. The van der Waals surface area contributed by atoms with Crippen molar-refractivity contribution in [1.82, 2.24) is 0 Å². The van der Waals surface area contributed by atoms with Crippen molar-refractivity contribution in [1.29, 1.82) is 0 Å². The molecule has 4 aliphatic rings. The van der Waals surface area contributed by atoms with Crippen molar-refractivity contribution < 1.29 is 28.5 Å². The van der Waals surface area contributed by atoms with Crippen LogP contribution in [0.4, 0.5) is 11.4 Å². The molecule has 5 aromatic carbocycles. The van der Waals surface area contributed by atoms with Crippen LogP contribution in [0.1, 0.15) is 81.8 Å². The summed E-state index contributed by atoms with van der Waals surface area (Å²) in [6.45, 7) is 11.8. The molecular weight excluding hydrogens is 711 g/mol. The maximum Gasteiger partial charge on any atom is 0.340 e. The predicted octanol–water partition coefficient (Wildman–Crippen LogP) is 9.94. The molecule has 2 spiro atoms. The lowest BCUT2D eigenvalue weighted by Gasteiger charge is -2.41. The number of hydrogen-bond donors (Lipinski definition) is 0. The number of hydrogen-bond acceptors (Lipinski definition) is 8. The fraction of sp³-hybridized carbons (Fsp3) is 0.256. The third kappa shape index (κ3) is 5.02. The van der Waals surface area contributed by atoms with E-state index in [-0.39, 0.29) is 5.34 Å². The second kappa shape index (κ2) is 13.3. The van der Waals surface area contributed by atoms with Crippen molar-refractivity contribution in [3.05, 3.63) is 142 Å². The average molecular weight is 750 g/mol. The van der Waals surface area contributed by atoms with E-state index in [9.17, 15) is 9.59 Å². The van der Waals surface area contributed by atoms with Gasteiger partial charge in [0, 0.05) is 89.1 Å². The lowest BCUT2D eigenvalue weighted by atomic mass is 9.73. The number of carbonyl (C=O) groups excluding carboxylic acids is 2. The van der Waals surface area contributed by atoms with Gasteiger partial charge in [0.15, 0.2) is 11.2 Å². The van der Waals surface area contributed by atoms with Crippen molar-refractivity contribution in [2.24, 2.45) is 0 Å². The molecule has 5 aromatic rings. The smallest absolute Gasteiger partial charge is 0.340 e. The minimum Gasteiger partial charge on any atom is -0.456 e. The Bertz CT molecular complexity index is 2130. The van der Waals surface area contributed by atoms with Crippen LogP contribution >= 0.6 is 23.2 Å². The number of rotatable bonds is 6. The van der Waals surface area contributed by atoms with E-state index >= 15 is 0 Å². The summed E-state index contributed by atoms with van der Waals surface area (Å²) in [5.41, 5.74) is 4.52. The first-order valence-corrected chi connectivity index (χ1v) is 19.0. The monoisotopic (exact) mass is 748 g/mol. The number of anilines is 2. The van der Waals surface area contributed by atoms with Crippen LogP contribution in [0.5, 0.6) is 23.0 Å². The van der Waals surface area contributed by atoms with Gasteiger partial charge in [0.25, 0.3) is 0 Å².